The number of nitrogens with one attached hydrogen (secondary N) is 1. The zero-order chi connectivity index (χ0) is 15.6. The number of nitrogens with two attached hydrogens (primary N) is 1. The number of hydrogen-bond donors (Lipinski definition) is 2. The standard InChI is InChI=1S/C15H23N3O3/c1-9(2)18(10(3)4)5-6-20-13-8-12-14(7-11(13)16)21-15(19)17-12/h7-10H,5-6,16H2,1-4H3,(H,17,19). The Morgan fingerprint density at radius 2 is 1.95 bits per heavy atom. The Hall–Kier alpha value is -1.95. The van der Waals surface area contributed by atoms with Gasteiger partial charge in [-0.05, 0) is 27.7 Å². The number of nitrogen functional groups attached to an aromatic ring is 1. The average Bonchev–Trinajstić information content (AvgIpc) is 2.72. The van der Waals surface area contributed by atoms with E-state index in [0.717, 1.165) is 6.54 Å². The number of nitrogens with zero attached hydrogens (tertiary/aromatic N) is 1. The van der Waals surface area contributed by atoms with E-state index in [-0.39, 0.29) is 0 Å². The molecule has 1 aromatic carbocycles. The topological polar surface area (TPSA) is 84.5 Å². The first-order chi connectivity index (χ1) is 9.88. The summed E-state index contributed by atoms with van der Waals surface area (Å²) in [5.74, 6) is 0.0688. The number of anilines is 1. The summed E-state index contributed by atoms with van der Waals surface area (Å²) in [6.45, 7) is 10.0. The maximum absolute atomic E-state index is 11.2. The van der Waals surface area contributed by atoms with Crippen molar-refractivity contribution in [3.8, 4) is 5.75 Å². The molecule has 0 spiro atoms. The molecule has 0 unspecified atom stereocenters. The van der Waals surface area contributed by atoms with E-state index in [4.69, 9.17) is 14.9 Å². The van der Waals surface area contributed by atoms with Crippen LogP contribution in [0.5, 0.6) is 5.75 Å². The van der Waals surface area contributed by atoms with Crippen LogP contribution in [0.1, 0.15) is 27.7 Å². The lowest BCUT2D eigenvalue weighted by atomic mass is 10.2. The third-order valence-electron chi connectivity index (χ3n) is 3.49. The van der Waals surface area contributed by atoms with Gasteiger partial charge in [-0.15, -0.1) is 0 Å². The molecule has 1 heterocycles. The first-order valence-corrected chi connectivity index (χ1v) is 7.19. The van der Waals surface area contributed by atoms with Crippen LogP contribution in [0.25, 0.3) is 11.1 Å². The molecule has 0 bridgehead atoms. The smallest absolute Gasteiger partial charge is 0.417 e. The SMILES string of the molecule is CC(C)N(CCOc1cc2[nH]c(=O)oc2cc1N)C(C)C. The van der Waals surface area contributed by atoms with E-state index in [9.17, 15) is 4.79 Å². The van der Waals surface area contributed by atoms with Crippen LogP contribution in [0.2, 0.25) is 0 Å². The number of hydrogen-bond acceptors (Lipinski definition) is 5. The second kappa shape index (κ2) is 6.22. The molecule has 0 radical (unpaired) electrons. The Labute approximate surface area is 123 Å². The highest BCUT2D eigenvalue weighted by atomic mass is 16.5. The molecule has 0 saturated carbocycles. The van der Waals surface area contributed by atoms with E-state index in [2.05, 4.69) is 37.6 Å². The summed E-state index contributed by atoms with van der Waals surface area (Å²) in [4.78, 5) is 16.1. The highest BCUT2D eigenvalue weighted by Gasteiger charge is 2.14. The monoisotopic (exact) mass is 293 g/mol. The minimum Gasteiger partial charge on any atom is -0.490 e. The highest BCUT2D eigenvalue weighted by Crippen LogP contribution is 2.26. The normalized spacial score (nSPS) is 12.0. The van der Waals surface area contributed by atoms with Gasteiger partial charge >= 0.3 is 5.76 Å². The van der Waals surface area contributed by atoms with Crippen molar-refractivity contribution in [1.29, 1.82) is 0 Å². The number of aromatic amines is 1. The van der Waals surface area contributed by atoms with Crippen LogP contribution < -0.4 is 16.2 Å². The Bertz CT molecular complexity index is 650. The van der Waals surface area contributed by atoms with Gasteiger partial charge in [-0.2, -0.15) is 0 Å². The van der Waals surface area contributed by atoms with E-state index in [1.165, 1.54) is 0 Å². The zero-order valence-electron chi connectivity index (χ0n) is 13.0. The van der Waals surface area contributed by atoms with Crippen molar-refractivity contribution < 1.29 is 9.15 Å². The molecule has 0 fully saturated rings. The molecule has 0 atom stereocenters. The third-order valence-corrected chi connectivity index (χ3v) is 3.49. The lowest BCUT2D eigenvalue weighted by Gasteiger charge is -2.30. The minimum absolute atomic E-state index is 0.441. The quantitative estimate of drug-likeness (QED) is 0.798. The number of H-pyrrole nitrogens is 1. The predicted molar refractivity (Wildman–Crippen MR) is 83.7 cm³/mol. The molecule has 0 saturated heterocycles. The van der Waals surface area contributed by atoms with Crippen molar-refractivity contribution in [3.63, 3.8) is 0 Å². The van der Waals surface area contributed by atoms with Crippen molar-refractivity contribution in [2.75, 3.05) is 18.9 Å². The van der Waals surface area contributed by atoms with Gasteiger partial charge in [0.2, 0.25) is 0 Å². The second-order valence-electron chi connectivity index (χ2n) is 5.67. The summed E-state index contributed by atoms with van der Waals surface area (Å²) in [6.07, 6.45) is 0. The number of oxazole rings is 1. The van der Waals surface area contributed by atoms with Crippen LogP contribution in [0.4, 0.5) is 5.69 Å². The van der Waals surface area contributed by atoms with Crippen molar-refractivity contribution in [2.24, 2.45) is 0 Å². The largest absolute Gasteiger partial charge is 0.490 e. The van der Waals surface area contributed by atoms with Crippen LogP contribution in [0.3, 0.4) is 0 Å². The summed E-state index contributed by atoms with van der Waals surface area (Å²) < 4.78 is 10.7. The first kappa shape index (κ1) is 15.4. The summed E-state index contributed by atoms with van der Waals surface area (Å²) >= 11 is 0. The third kappa shape index (κ3) is 3.58. The van der Waals surface area contributed by atoms with E-state index in [0.29, 0.717) is 41.2 Å². The molecule has 0 aliphatic carbocycles. The van der Waals surface area contributed by atoms with E-state index in [1.54, 1.807) is 12.1 Å². The molecule has 116 valence electrons. The Kier molecular flexibility index (Phi) is 4.57. The molecule has 1 aromatic heterocycles. The molecule has 3 N–H and O–H groups in total. The molecule has 6 nitrogen and oxygen atoms in total. The van der Waals surface area contributed by atoms with Crippen LogP contribution >= 0.6 is 0 Å². The maximum atomic E-state index is 11.2. The lowest BCUT2D eigenvalue weighted by Crippen LogP contribution is -2.39. The molecule has 0 aliphatic rings. The van der Waals surface area contributed by atoms with Gasteiger partial charge in [0.1, 0.15) is 12.4 Å². The maximum Gasteiger partial charge on any atom is 0.417 e. The Morgan fingerprint density at radius 1 is 1.29 bits per heavy atom. The fraction of sp³-hybridized carbons (Fsp3) is 0.533. The van der Waals surface area contributed by atoms with Gasteiger partial charge in [0.25, 0.3) is 0 Å². The number of rotatable bonds is 6. The number of fused-ring (bicyclic) bond motifs is 1. The van der Waals surface area contributed by atoms with Gasteiger partial charge in [0, 0.05) is 30.8 Å². The van der Waals surface area contributed by atoms with Crippen molar-refractivity contribution >= 4 is 16.8 Å². The highest BCUT2D eigenvalue weighted by molar-refractivity contribution is 5.80. The number of aromatic nitrogens is 1. The van der Waals surface area contributed by atoms with E-state index < -0.39 is 5.76 Å². The van der Waals surface area contributed by atoms with Crippen molar-refractivity contribution in [3.05, 3.63) is 22.7 Å². The summed E-state index contributed by atoms with van der Waals surface area (Å²) in [5, 5.41) is 0. The summed E-state index contributed by atoms with van der Waals surface area (Å²) in [6, 6.07) is 4.22. The number of benzene rings is 1. The zero-order valence-corrected chi connectivity index (χ0v) is 13.0. The first-order valence-electron chi connectivity index (χ1n) is 7.19. The van der Waals surface area contributed by atoms with Crippen LogP contribution in [0, 0.1) is 0 Å². The molecular weight excluding hydrogens is 270 g/mol. The molecule has 2 rings (SSSR count). The number of ether oxygens (including phenoxy) is 1. The van der Waals surface area contributed by atoms with Gasteiger partial charge < -0.3 is 14.9 Å². The lowest BCUT2D eigenvalue weighted by molar-refractivity contribution is 0.142. The van der Waals surface area contributed by atoms with Gasteiger partial charge in [0.05, 0.1) is 11.2 Å². The summed E-state index contributed by atoms with van der Waals surface area (Å²) in [7, 11) is 0. The van der Waals surface area contributed by atoms with Gasteiger partial charge in [-0.1, -0.05) is 0 Å². The van der Waals surface area contributed by atoms with Gasteiger partial charge in [-0.3, -0.25) is 9.88 Å². The van der Waals surface area contributed by atoms with Crippen LogP contribution in [-0.2, 0) is 0 Å². The predicted octanol–water partition coefficient (Wildman–Crippen LogP) is 2.20. The van der Waals surface area contributed by atoms with Gasteiger partial charge in [-0.25, -0.2) is 4.79 Å². The molecular formula is C15H23N3O3. The Balaban J connectivity index is 2.06. The van der Waals surface area contributed by atoms with E-state index >= 15 is 0 Å². The van der Waals surface area contributed by atoms with Crippen molar-refractivity contribution in [2.45, 2.75) is 39.8 Å². The average molecular weight is 293 g/mol. The van der Waals surface area contributed by atoms with Crippen LogP contribution in [0.15, 0.2) is 21.3 Å². The van der Waals surface area contributed by atoms with E-state index in [1.807, 2.05) is 0 Å². The molecule has 0 aliphatic heterocycles. The fourth-order valence-electron chi connectivity index (χ4n) is 2.49. The minimum atomic E-state index is -0.493. The molecule has 0 amide bonds. The molecule has 6 heteroatoms. The molecule has 21 heavy (non-hydrogen) atoms. The van der Waals surface area contributed by atoms with Gasteiger partial charge in [0.15, 0.2) is 5.58 Å². The second-order valence-corrected chi connectivity index (χ2v) is 5.67. The Morgan fingerprint density at radius 3 is 2.57 bits per heavy atom. The molecule has 2 aromatic rings. The van der Waals surface area contributed by atoms with Crippen LogP contribution in [-0.4, -0.2) is 35.1 Å². The summed E-state index contributed by atoms with van der Waals surface area (Å²) in [5.41, 5.74) is 7.41. The fourth-order valence-corrected chi connectivity index (χ4v) is 2.49. The van der Waals surface area contributed by atoms with Crippen molar-refractivity contribution in [1.82, 2.24) is 9.88 Å².